The van der Waals surface area contributed by atoms with Gasteiger partial charge in [0.25, 0.3) is 0 Å². The molecule has 0 saturated carbocycles. The Morgan fingerprint density at radius 1 is 1.07 bits per heavy atom. The summed E-state index contributed by atoms with van der Waals surface area (Å²) in [6.07, 6.45) is 8.34. The van der Waals surface area contributed by atoms with E-state index >= 15 is 0 Å². The van der Waals surface area contributed by atoms with E-state index in [1.807, 2.05) is 0 Å². The van der Waals surface area contributed by atoms with Crippen LogP contribution in [0.2, 0.25) is 0 Å². The average molecular weight is 228 g/mol. The molecule has 0 amide bonds. The van der Waals surface area contributed by atoms with Crippen LogP contribution in [0.25, 0.3) is 0 Å². The van der Waals surface area contributed by atoms with E-state index in [9.17, 15) is 0 Å². The molecule has 0 fully saturated rings. The summed E-state index contributed by atoms with van der Waals surface area (Å²) in [5.74, 6) is 2.41. The van der Waals surface area contributed by atoms with E-state index in [2.05, 4.69) is 28.5 Å². The van der Waals surface area contributed by atoms with Crippen molar-refractivity contribution in [2.75, 3.05) is 11.5 Å². The number of hydrogen-bond acceptors (Lipinski definition) is 3. The number of aromatic nitrogens is 3. The Labute approximate surface area is 94.2 Å². The zero-order chi connectivity index (χ0) is 10.9. The van der Waals surface area contributed by atoms with Crippen molar-refractivity contribution in [2.45, 2.75) is 39.5 Å². The molecule has 0 atom stereocenters. The minimum Gasteiger partial charge on any atom is -0.202 e. The molecule has 1 aromatic heterocycles. The molecular weight excluding hydrogens is 208 g/mol. The van der Waals surface area contributed by atoms with E-state index in [0.29, 0.717) is 0 Å². The number of nitrogens with zero attached hydrogens (tertiary/aromatic N) is 4. The van der Waals surface area contributed by atoms with Gasteiger partial charge in [0.1, 0.15) is 12.7 Å². The average Bonchev–Trinajstić information content (AvgIpc) is 2.74. The summed E-state index contributed by atoms with van der Waals surface area (Å²) in [5, 5.41) is 7.52. The van der Waals surface area contributed by atoms with Crippen molar-refractivity contribution < 1.29 is 0 Å². The molecule has 1 rings (SSSR count). The first-order valence-corrected chi connectivity index (χ1v) is 7.13. The van der Waals surface area contributed by atoms with E-state index in [-0.39, 0.29) is 10.7 Å². The SMILES string of the molecule is CCCCS(CCCC)=Nn1cnnc1. The third-order valence-electron chi connectivity index (χ3n) is 2.08. The minimum atomic E-state index is 0.154. The molecule has 0 saturated heterocycles. The van der Waals surface area contributed by atoms with Crippen LogP contribution in [0.3, 0.4) is 0 Å². The van der Waals surface area contributed by atoms with Crippen molar-refractivity contribution in [2.24, 2.45) is 4.47 Å². The second-order valence-electron chi connectivity index (χ2n) is 3.50. The highest BCUT2D eigenvalue weighted by Crippen LogP contribution is 2.01. The standard InChI is InChI=1S/C10H20N4S/c1-3-5-7-15(8-6-4-2)13-14-9-11-12-10-14/h9-10H,3-8H2,1-2H3. The van der Waals surface area contributed by atoms with Gasteiger partial charge < -0.3 is 0 Å². The maximum atomic E-state index is 4.61. The summed E-state index contributed by atoms with van der Waals surface area (Å²) in [7, 11) is 0.154. The molecule has 5 heteroatoms. The molecule has 0 bridgehead atoms. The van der Waals surface area contributed by atoms with E-state index in [1.165, 1.54) is 37.2 Å². The van der Waals surface area contributed by atoms with Gasteiger partial charge in [-0.05, 0) is 12.8 Å². The molecule has 0 unspecified atom stereocenters. The molecule has 0 spiro atoms. The lowest BCUT2D eigenvalue weighted by Gasteiger charge is -2.06. The van der Waals surface area contributed by atoms with Crippen LogP contribution in [0.5, 0.6) is 0 Å². The molecule has 0 N–H and O–H groups in total. The number of rotatable bonds is 7. The van der Waals surface area contributed by atoms with E-state index in [4.69, 9.17) is 0 Å². The van der Waals surface area contributed by atoms with Gasteiger partial charge in [0.2, 0.25) is 0 Å². The largest absolute Gasteiger partial charge is 0.202 e. The first-order chi connectivity index (χ1) is 7.36. The third kappa shape index (κ3) is 5.06. The van der Waals surface area contributed by atoms with Crippen LogP contribution >= 0.6 is 0 Å². The van der Waals surface area contributed by atoms with Gasteiger partial charge in [0, 0.05) is 11.5 Å². The Morgan fingerprint density at radius 2 is 1.60 bits per heavy atom. The van der Waals surface area contributed by atoms with Crippen LogP contribution in [-0.4, -0.2) is 26.4 Å². The van der Waals surface area contributed by atoms with Gasteiger partial charge in [-0.1, -0.05) is 37.4 Å². The van der Waals surface area contributed by atoms with Gasteiger partial charge in [-0.2, -0.15) is 0 Å². The van der Waals surface area contributed by atoms with Crippen molar-refractivity contribution in [3.05, 3.63) is 12.7 Å². The number of hydrogen-bond donors (Lipinski definition) is 0. The highest BCUT2D eigenvalue weighted by molar-refractivity contribution is 7.87. The molecule has 0 radical (unpaired) electrons. The lowest BCUT2D eigenvalue weighted by molar-refractivity contribution is 0.852. The summed E-state index contributed by atoms with van der Waals surface area (Å²) in [5.41, 5.74) is 0. The van der Waals surface area contributed by atoms with Crippen LogP contribution in [-0.2, 0) is 10.7 Å². The van der Waals surface area contributed by atoms with Crippen LogP contribution in [0, 0.1) is 0 Å². The summed E-state index contributed by atoms with van der Waals surface area (Å²) in [4.78, 5) is 0. The first kappa shape index (κ1) is 12.4. The van der Waals surface area contributed by atoms with Crippen LogP contribution < -0.4 is 0 Å². The van der Waals surface area contributed by atoms with Gasteiger partial charge in [-0.3, -0.25) is 0 Å². The zero-order valence-corrected chi connectivity index (χ0v) is 10.4. The normalized spacial score (nSPS) is 10.9. The first-order valence-electron chi connectivity index (χ1n) is 5.61. The summed E-state index contributed by atoms with van der Waals surface area (Å²) < 4.78 is 6.36. The predicted molar refractivity (Wildman–Crippen MR) is 64.8 cm³/mol. The van der Waals surface area contributed by atoms with Crippen LogP contribution in [0.1, 0.15) is 39.5 Å². The van der Waals surface area contributed by atoms with Gasteiger partial charge in [0.15, 0.2) is 0 Å². The lowest BCUT2D eigenvalue weighted by atomic mass is 10.4. The third-order valence-corrected chi connectivity index (χ3v) is 4.02. The monoisotopic (exact) mass is 228 g/mol. The Morgan fingerprint density at radius 3 is 2.07 bits per heavy atom. The van der Waals surface area contributed by atoms with E-state index < -0.39 is 0 Å². The van der Waals surface area contributed by atoms with Crippen molar-refractivity contribution >= 4 is 10.7 Å². The van der Waals surface area contributed by atoms with Crippen molar-refractivity contribution in [1.82, 2.24) is 14.9 Å². The highest BCUT2D eigenvalue weighted by Gasteiger charge is 1.97. The van der Waals surface area contributed by atoms with Crippen molar-refractivity contribution in [1.29, 1.82) is 0 Å². The van der Waals surface area contributed by atoms with Crippen LogP contribution in [0.15, 0.2) is 17.1 Å². The second-order valence-corrected chi connectivity index (χ2v) is 5.41. The molecule has 0 aliphatic rings. The fourth-order valence-corrected chi connectivity index (χ4v) is 3.14. The van der Waals surface area contributed by atoms with Crippen LogP contribution in [0.4, 0.5) is 0 Å². The molecule has 4 nitrogen and oxygen atoms in total. The fourth-order valence-electron chi connectivity index (χ4n) is 1.18. The molecule has 15 heavy (non-hydrogen) atoms. The summed E-state index contributed by atoms with van der Waals surface area (Å²) in [6, 6.07) is 0. The molecule has 1 aromatic rings. The molecule has 1 heterocycles. The maximum absolute atomic E-state index is 4.61. The quantitative estimate of drug-likeness (QED) is 0.719. The number of unbranched alkanes of at least 4 members (excludes halogenated alkanes) is 2. The molecule has 0 aliphatic carbocycles. The van der Waals surface area contributed by atoms with Gasteiger partial charge >= 0.3 is 0 Å². The molecular formula is C10H20N4S. The Hall–Kier alpha value is -0.710. The maximum Gasteiger partial charge on any atom is 0.142 e. The second kappa shape index (κ2) is 7.56. The Kier molecular flexibility index (Phi) is 6.23. The topological polar surface area (TPSA) is 43.1 Å². The summed E-state index contributed by atoms with van der Waals surface area (Å²) >= 11 is 0. The Balaban J connectivity index is 2.54. The Bertz CT molecular complexity index is 272. The molecule has 0 aromatic carbocycles. The van der Waals surface area contributed by atoms with Crippen molar-refractivity contribution in [3.63, 3.8) is 0 Å². The van der Waals surface area contributed by atoms with Gasteiger partial charge in [-0.15, -0.1) is 14.7 Å². The minimum absolute atomic E-state index is 0.154. The van der Waals surface area contributed by atoms with E-state index in [0.717, 1.165) is 0 Å². The lowest BCUT2D eigenvalue weighted by Crippen LogP contribution is -2.04. The highest BCUT2D eigenvalue weighted by atomic mass is 32.2. The van der Waals surface area contributed by atoms with E-state index in [1.54, 1.807) is 17.3 Å². The fraction of sp³-hybridized carbons (Fsp3) is 0.800. The van der Waals surface area contributed by atoms with Crippen molar-refractivity contribution in [3.8, 4) is 0 Å². The van der Waals surface area contributed by atoms with Gasteiger partial charge in [-0.25, -0.2) is 4.68 Å². The molecule has 0 aliphatic heterocycles. The summed E-state index contributed by atoms with van der Waals surface area (Å²) in [6.45, 7) is 4.44. The van der Waals surface area contributed by atoms with Gasteiger partial charge in [0.05, 0.1) is 0 Å². The molecule has 86 valence electrons. The zero-order valence-electron chi connectivity index (χ0n) is 9.59. The smallest absolute Gasteiger partial charge is 0.142 e. The predicted octanol–water partition coefficient (Wildman–Crippen LogP) is 2.44.